The summed E-state index contributed by atoms with van der Waals surface area (Å²) < 4.78 is 16.2. The fourth-order valence-electron chi connectivity index (χ4n) is 1.99. The van der Waals surface area contributed by atoms with Gasteiger partial charge in [-0.3, -0.25) is 0 Å². The van der Waals surface area contributed by atoms with Crippen LogP contribution in [0, 0.1) is 0 Å². The van der Waals surface area contributed by atoms with Gasteiger partial charge in [0, 0.05) is 17.8 Å². The molecule has 0 amide bonds. The van der Waals surface area contributed by atoms with Crippen LogP contribution in [0.5, 0.6) is 17.4 Å². The first-order valence-corrected chi connectivity index (χ1v) is 6.62. The SMILES string of the molecule is COc1ccc(C(C)O)c(OCc2cccnc2OC)c1. The average Bonchev–Trinajstić information content (AvgIpc) is 2.52. The third-order valence-corrected chi connectivity index (χ3v) is 3.10. The number of rotatable bonds is 6. The minimum atomic E-state index is -0.623. The monoisotopic (exact) mass is 289 g/mol. The fraction of sp³-hybridized carbons (Fsp3) is 0.312. The highest BCUT2D eigenvalue weighted by Crippen LogP contribution is 2.30. The molecule has 21 heavy (non-hydrogen) atoms. The molecule has 1 aromatic heterocycles. The van der Waals surface area contributed by atoms with Crippen LogP contribution >= 0.6 is 0 Å². The molecule has 5 heteroatoms. The molecule has 0 saturated heterocycles. The van der Waals surface area contributed by atoms with Crippen molar-refractivity contribution in [1.82, 2.24) is 4.98 Å². The maximum absolute atomic E-state index is 9.81. The largest absolute Gasteiger partial charge is 0.497 e. The Labute approximate surface area is 124 Å². The predicted molar refractivity (Wildman–Crippen MR) is 78.7 cm³/mol. The van der Waals surface area contributed by atoms with Crippen molar-refractivity contribution in [1.29, 1.82) is 0 Å². The van der Waals surface area contributed by atoms with Crippen molar-refractivity contribution in [2.24, 2.45) is 0 Å². The summed E-state index contributed by atoms with van der Waals surface area (Å²) in [7, 11) is 3.16. The quantitative estimate of drug-likeness (QED) is 0.886. The van der Waals surface area contributed by atoms with E-state index in [-0.39, 0.29) is 0 Å². The van der Waals surface area contributed by atoms with Crippen molar-refractivity contribution in [2.45, 2.75) is 19.6 Å². The highest BCUT2D eigenvalue weighted by Gasteiger charge is 2.12. The first kappa shape index (κ1) is 15.1. The number of pyridine rings is 1. The van der Waals surface area contributed by atoms with Crippen molar-refractivity contribution in [2.75, 3.05) is 14.2 Å². The molecule has 1 aromatic carbocycles. The van der Waals surface area contributed by atoms with E-state index in [0.717, 1.165) is 5.56 Å². The van der Waals surface area contributed by atoms with Crippen LogP contribution in [0.1, 0.15) is 24.2 Å². The van der Waals surface area contributed by atoms with Crippen LogP contribution in [-0.4, -0.2) is 24.3 Å². The summed E-state index contributed by atoms with van der Waals surface area (Å²) >= 11 is 0. The number of aliphatic hydroxyl groups is 1. The molecule has 1 atom stereocenters. The highest BCUT2D eigenvalue weighted by atomic mass is 16.5. The summed E-state index contributed by atoms with van der Waals surface area (Å²) in [5.74, 6) is 1.78. The average molecular weight is 289 g/mol. The normalized spacial score (nSPS) is 11.8. The number of hydrogen-bond donors (Lipinski definition) is 1. The van der Waals surface area contributed by atoms with E-state index < -0.39 is 6.10 Å². The van der Waals surface area contributed by atoms with Crippen LogP contribution < -0.4 is 14.2 Å². The van der Waals surface area contributed by atoms with Crippen LogP contribution in [0.25, 0.3) is 0 Å². The first-order chi connectivity index (χ1) is 10.2. The Morgan fingerprint density at radius 3 is 2.67 bits per heavy atom. The summed E-state index contributed by atoms with van der Waals surface area (Å²) in [6, 6.07) is 9.04. The predicted octanol–water partition coefficient (Wildman–Crippen LogP) is 2.73. The van der Waals surface area contributed by atoms with E-state index in [9.17, 15) is 5.11 Å². The lowest BCUT2D eigenvalue weighted by Crippen LogP contribution is -2.03. The second-order valence-electron chi connectivity index (χ2n) is 4.54. The van der Waals surface area contributed by atoms with Crippen molar-refractivity contribution in [3.05, 3.63) is 47.7 Å². The Hall–Kier alpha value is -2.27. The topological polar surface area (TPSA) is 60.8 Å². The summed E-state index contributed by atoms with van der Waals surface area (Å²) in [6.07, 6.45) is 1.04. The van der Waals surface area contributed by atoms with E-state index in [0.29, 0.717) is 29.5 Å². The molecular weight excluding hydrogens is 270 g/mol. The van der Waals surface area contributed by atoms with Crippen molar-refractivity contribution in [3.63, 3.8) is 0 Å². The van der Waals surface area contributed by atoms with Crippen LogP contribution in [0.15, 0.2) is 36.5 Å². The summed E-state index contributed by atoms with van der Waals surface area (Å²) in [5.41, 5.74) is 1.54. The Morgan fingerprint density at radius 2 is 2.00 bits per heavy atom. The second kappa shape index (κ2) is 6.95. The van der Waals surface area contributed by atoms with Gasteiger partial charge >= 0.3 is 0 Å². The Balaban J connectivity index is 2.22. The number of hydrogen-bond acceptors (Lipinski definition) is 5. The minimum absolute atomic E-state index is 0.296. The van der Waals surface area contributed by atoms with Crippen LogP contribution in [0.4, 0.5) is 0 Å². The van der Waals surface area contributed by atoms with Gasteiger partial charge in [0.05, 0.1) is 25.9 Å². The summed E-state index contributed by atoms with van der Waals surface area (Å²) in [5, 5.41) is 9.81. The van der Waals surface area contributed by atoms with Crippen LogP contribution in [0.3, 0.4) is 0 Å². The smallest absolute Gasteiger partial charge is 0.219 e. The lowest BCUT2D eigenvalue weighted by molar-refractivity contribution is 0.189. The maximum Gasteiger partial charge on any atom is 0.219 e. The van der Waals surface area contributed by atoms with Gasteiger partial charge in [-0.25, -0.2) is 4.98 Å². The van der Waals surface area contributed by atoms with Crippen LogP contribution in [0.2, 0.25) is 0 Å². The van der Waals surface area contributed by atoms with Gasteiger partial charge in [0.25, 0.3) is 0 Å². The Bertz CT molecular complexity index is 599. The van der Waals surface area contributed by atoms with Gasteiger partial charge in [0.1, 0.15) is 18.1 Å². The molecular formula is C16H19NO4. The molecule has 112 valence electrons. The fourth-order valence-corrected chi connectivity index (χ4v) is 1.99. The molecule has 0 radical (unpaired) electrons. The number of nitrogens with zero attached hydrogens (tertiary/aromatic N) is 1. The van der Waals surface area contributed by atoms with Gasteiger partial charge < -0.3 is 19.3 Å². The van der Waals surface area contributed by atoms with E-state index in [4.69, 9.17) is 14.2 Å². The molecule has 2 aromatic rings. The molecule has 0 aliphatic rings. The number of methoxy groups -OCH3 is 2. The van der Waals surface area contributed by atoms with Crippen molar-refractivity contribution >= 4 is 0 Å². The number of ether oxygens (including phenoxy) is 3. The van der Waals surface area contributed by atoms with Crippen molar-refractivity contribution < 1.29 is 19.3 Å². The molecule has 1 unspecified atom stereocenters. The lowest BCUT2D eigenvalue weighted by atomic mass is 10.1. The number of benzene rings is 1. The second-order valence-corrected chi connectivity index (χ2v) is 4.54. The third-order valence-electron chi connectivity index (χ3n) is 3.10. The van der Waals surface area contributed by atoms with Crippen LogP contribution in [-0.2, 0) is 6.61 Å². The van der Waals surface area contributed by atoms with Gasteiger partial charge in [-0.2, -0.15) is 0 Å². The number of aromatic nitrogens is 1. The van der Waals surface area contributed by atoms with E-state index in [2.05, 4.69) is 4.98 Å². The highest BCUT2D eigenvalue weighted by molar-refractivity contribution is 5.42. The summed E-state index contributed by atoms with van der Waals surface area (Å²) in [6.45, 7) is 1.99. The molecule has 0 spiro atoms. The molecule has 0 aliphatic heterocycles. The molecule has 1 N–H and O–H groups in total. The van der Waals surface area contributed by atoms with E-state index in [1.165, 1.54) is 0 Å². The molecule has 0 aliphatic carbocycles. The molecule has 0 bridgehead atoms. The van der Waals surface area contributed by atoms with E-state index >= 15 is 0 Å². The minimum Gasteiger partial charge on any atom is -0.497 e. The maximum atomic E-state index is 9.81. The van der Waals surface area contributed by atoms with Gasteiger partial charge in [-0.1, -0.05) is 0 Å². The van der Waals surface area contributed by atoms with Crippen molar-refractivity contribution in [3.8, 4) is 17.4 Å². The molecule has 0 saturated carbocycles. The standard InChI is InChI=1S/C16H19NO4/c1-11(18)14-7-6-13(19-2)9-15(14)21-10-12-5-4-8-17-16(12)20-3/h4-9,11,18H,10H2,1-3H3. The summed E-state index contributed by atoms with van der Waals surface area (Å²) in [4.78, 5) is 4.12. The zero-order valence-electron chi connectivity index (χ0n) is 12.4. The molecule has 2 rings (SSSR count). The van der Waals surface area contributed by atoms with Gasteiger partial charge in [0.15, 0.2) is 0 Å². The van der Waals surface area contributed by atoms with Gasteiger partial charge in [-0.15, -0.1) is 0 Å². The lowest BCUT2D eigenvalue weighted by Gasteiger charge is -2.15. The third kappa shape index (κ3) is 3.64. The molecule has 1 heterocycles. The zero-order chi connectivity index (χ0) is 15.2. The van der Waals surface area contributed by atoms with E-state index in [1.807, 2.05) is 12.1 Å². The number of aliphatic hydroxyl groups excluding tert-OH is 1. The Kier molecular flexibility index (Phi) is 5.00. The van der Waals surface area contributed by atoms with Gasteiger partial charge in [-0.05, 0) is 31.2 Å². The molecule has 0 fully saturated rings. The van der Waals surface area contributed by atoms with Gasteiger partial charge in [0.2, 0.25) is 5.88 Å². The molecule has 5 nitrogen and oxygen atoms in total. The zero-order valence-corrected chi connectivity index (χ0v) is 12.4. The first-order valence-electron chi connectivity index (χ1n) is 6.62. The van der Waals surface area contributed by atoms with E-state index in [1.54, 1.807) is 45.5 Å². The Morgan fingerprint density at radius 1 is 1.19 bits per heavy atom.